The molecule has 1 rings (SSSR count). The molecular weight excluding hydrogens is 314 g/mol. The lowest BCUT2D eigenvalue weighted by Gasteiger charge is -2.25. The van der Waals surface area contributed by atoms with E-state index in [2.05, 4.69) is 54.2 Å². The van der Waals surface area contributed by atoms with Crippen molar-refractivity contribution in [3.8, 4) is 5.75 Å². The fourth-order valence-electron chi connectivity index (χ4n) is 2.51. The van der Waals surface area contributed by atoms with Gasteiger partial charge in [-0.3, -0.25) is 0 Å². The van der Waals surface area contributed by atoms with E-state index in [1.54, 1.807) is 7.11 Å². The van der Waals surface area contributed by atoms with Gasteiger partial charge < -0.3 is 10.1 Å². The summed E-state index contributed by atoms with van der Waals surface area (Å²) in [4.78, 5) is 0. The summed E-state index contributed by atoms with van der Waals surface area (Å²) in [5.41, 5.74) is 1.31. The van der Waals surface area contributed by atoms with Crippen LogP contribution in [0.4, 0.5) is 0 Å². The number of halogens is 1. The molecule has 1 aromatic carbocycles. The predicted octanol–water partition coefficient (Wildman–Crippen LogP) is 5.32. The molecular formula is C17H28BrNO. The van der Waals surface area contributed by atoms with Crippen molar-refractivity contribution in [1.29, 1.82) is 0 Å². The molecule has 20 heavy (non-hydrogen) atoms. The van der Waals surface area contributed by atoms with Crippen LogP contribution in [0.1, 0.15) is 58.1 Å². The van der Waals surface area contributed by atoms with Crippen LogP contribution in [0.25, 0.3) is 0 Å². The second-order valence-electron chi connectivity index (χ2n) is 5.31. The molecule has 0 bridgehead atoms. The number of ether oxygens (including phenoxy) is 1. The van der Waals surface area contributed by atoms with Crippen LogP contribution in [0.5, 0.6) is 5.75 Å². The maximum atomic E-state index is 5.37. The van der Waals surface area contributed by atoms with E-state index in [1.807, 2.05) is 6.07 Å². The molecule has 0 aliphatic rings. The molecule has 0 saturated heterocycles. The van der Waals surface area contributed by atoms with Gasteiger partial charge in [0.1, 0.15) is 5.75 Å². The molecule has 1 unspecified atom stereocenters. The van der Waals surface area contributed by atoms with Gasteiger partial charge in [-0.05, 0) is 49.1 Å². The molecule has 0 heterocycles. The molecule has 0 amide bonds. The highest BCUT2D eigenvalue weighted by Gasteiger charge is 2.18. The second-order valence-corrected chi connectivity index (χ2v) is 6.17. The van der Waals surface area contributed by atoms with Crippen molar-refractivity contribution in [1.82, 2.24) is 5.32 Å². The maximum absolute atomic E-state index is 5.37. The molecule has 0 aliphatic carbocycles. The quantitative estimate of drug-likeness (QED) is 0.655. The van der Waals surface area contributed by atoms with Crippen molar-refractivity contribution >= 4 is 15.9 Å². The minimum Gasteiger partial charge on any atom is -0.497 e. The number of rotatable bonds is 9. The van der Waals surface area contributed by atoms with Crippen LogP contribution in [0.2, 0.25) is 0 Å². The molecule has 114 valence electrons. The van der Waals surface area contributed by atoms with Gasteiger partial charge in [0.2, 0.25) is 0 Å². The first-order chi connectivity index (χ1) is 9.65. The normalized spacial score (nSPS) is 12.7. The van der Waals surface area contributed by atoms with E-state index < -0.39 is 0 Å². The number of methoxy groups -OCH3 is 1. The summed E-state index contributed by atoms with van der Waals surface area (Å²) in [5.74, 6) is 1.69. The number of nitrogens with one attached hydrogen (secondary N) is 1. The molecule has 3 heteroatoms. The average molecular weight is 342 g/mol. The summed E-state index contributed by atoms with van der Waals surface area (Å²) >= 11 is 3.69. The zero-order valence-corrected chi connectivity index (χ0v) is 14.8. The van der Waals surface area contributed by atoms with Crippen molar-refractivity contribution in [3.63, 3.8) is 0 Å². The summed E-state index contributed by atoms with van der Waals surface area (Å²) in [6.45, 7) is 7.83. The molecule has 0 fully saturated rings. The first kappa shape index (κ1) is 17.5. The van der Waals surface area contributed by atoms with Gasteiger partial charge in [-0.2, -0.15) is 0 Å². The van der Waals surface area contributed by atoms with Gasteiger partial charge >= 0.3 is 0 Å². The van der Waals surface area contributed by atoms with Crippen LogP contribution in [-0.4, -0.2) is 13.7 Å². The molecule has 2 nitrogen and oxygen atoms in total. The molecule has 0 aromatic heterocycles. The Morgan fingerprint density at radius 1 is 1.20 bits per heavy atom. The van der Waals surface area contributed by atoms with Crippen molar-refractivity contribution in [3.05, 3.63) is 28.2 Å². The van der Waals surface area contributed by atoms with Crippen LogP contribution in [-0.2, 0) is 0 Å². The Hall–Kier alpha value is -0.540. The first-order valence-electron chi connectivity index (χ1n) is 7.72. The lowest BCUT2D eigenvalue weighted by atomic mass is 9.91. The van der Waals surface area contributed by atoms with Crippen LogP contribution < -0.4 is 10.1 Å². The zero-order chi connectivity index (χ0) is 15.0. The summed E-state index contributed by atoms with van der Waals surface area (Å²) in [6.07, 6.45) is 4.81. The largest absolute Gasteiger partial charge is 0.497 e. The van der Waals surface area contributed by atoms with Crippen LogP contribution in [0.15, 0.2) is 22.7 Å². The highest BCUT2D eigenvalue weighted by molar-refractivity contribution is 9.10. The van der Waals surface area contributed by atoms with E-state index in [4.69, 9.17) is 4.74 Å². The van der Waals surface area contributed by atoms with Gasteiger partial charge in [0.15, 0.2) is 0 Å². The summed E-state index contributed by atoms with van der Waals surface area (Å²) in [6, 6.07) is 6.63. The van der Waals surface area contributed by atoms with E-state index in [0.29, 0.717) is 6.04 Å². The third-order valence-corrected chi connectivity index (χ3v) is 4.67. The molecule has 1 atom stereocenters. The smallest absolute Gasteiger partial charge is 0.119 e. The van der Waals surface area contributed by atoms with E-state index in [0.717, 1.165) is 29.1 Å². The Labute approximate surface area is 132 Å². The highest BCUT2D eigenvalue weighted by atomic mass is 79.9. The fourth-order valence-corrected chi connectivity index (χ4v) is 3.03. The molecule has 1 N–H and O–H groups in total. The van der Waals surface area contributed by atoms with Gasteiger partial charge in [0.05, 0.1) is 7.11 Å². The lowest BCUT2D eigenvalue weighted by molar-refractivity contribution is 0.368. The molecule has 1 aromatic rings. The van der Waals surface area contributed by atoms with E-state index in [1.165, 1.54) is 24.8 Å². The Kier molecular flexibility index (Phi) is 8.24. The van der Waals surface area contributed by atoms with Gasteiger partial charge in [-0.15, -0.1) is 0 Å². The van der Waals surface area contributed by atoms with E-state index >= 15 is 0 Å². The van der Waals surface area contributed by atoms with Gasteiger partial charge in [0.25, 0.3) is 0 Å². The first-order valence-corrected chi connectivity index (χ1v) is 8.52. The summed E-state index contributed by atoms with van der Waals surface area (Å²) < 4.78 is 6.54. The Morgan fingerprint density at radius 3 is 2.45 bits per heavy atom. The second kappa shape index (κ2) is 9.41. The Balaban J connectivity index is 2.96. The summed E-state index contributed by atoms with van der Waals surface area (Å²) in [7, 11) is 1.72. The topological polar surface area (TPSA) is 21.3 Å². The molecule has 0 saturated carbocycles. The third kappa shape index (κ3) is 5.10. The average Bonchev–Trinajstić information content (AvgIpc) is 2.48. The van der Waals surface area contributed by atoms with Crippen molar-refractivity contribution < 1.29 is 4.74 Å². The molecule has 0 radical (unpaired) electrons. The number of hydrogen-bond acceptors (Lipinski definition) is 2. The maximum Gasteiger partial charge on any atom is 0.119 e. The van der Waals surface area contributed by atoms with Gasteiger partial charge in [-0.25, -0.2) is 0 Å². The predicted molar refractivity (Wildman–Crippen MR) is 90.4 cm³/mol. The lowest BCUT2D eigenvalue weighted by Crippen LogP contribution is -2.24. The zero-order valence-electron chi connectivity index (χ0n) is 13.2. The van der Waals surface area contributed by atoms with Crippen molar-refractivity contribution in [2.45, 2.75) is 52.5 Å². The minimum atomic E-state index is 0.393. The summed E-state index contributed by atoms with van der Waals surface area (Å²) in [5, 5.41) is 3.69. The van der Waals surface area contributed by atoms with Crippen molar-refractivity contribution in [2.24, 2.45) is 5.92 Å². The monoisotopic (exact) mass is 341 g/mol. The third-order valence-electron chi connectivity index (χ3n) is 3.94. The SMILES string of the molecule is CCCNC(CC(CC)CC)c1cc(OC)ccc1Br. The Morgan fingerprint density at radius 2 is 1.90 bits per heavy atom. The van der Waals surface area contributed by atoms with Crippen LogP contribution in [0, 0.1) is 5.92 Å². The van der Waals surface area contributed by atoms with Crippen LogP contribution in [0.3, 0.4) is 0 Å². The standard InChI is InChI=1S/C17H28BrNO/c1-5-10-19-17(11-13(6-2)7-3)15-12-14(20-4)8-9-16(15)18/h8-9,12-13,17,19H,5-7,10-11H2,1-4H3. The number of benzene rings is 1. The van der Waals surface area contributed by atoms with E-state index in [9.17, 15) is 0 Å². The van der Waals surface area contributed by atoms with Crippen LogP contribution >= 0.6 is 15.9 Å². The van der Waals surface area contributed by atoms with Gasteiger partial charge in [0, 0.05) is 10.5 Å². The molecule has 0 aliphatic heterocycles. The highest BCUT2D eigenvalue weighted by Crippen LogP contribution is 2.32. The number of hydrogen-bond donors (Lipinski definition) is 1. The minimum absolute atomic E-state index is 0.393. The van der Waals surface area contributed by atoms with Gasteiger partial charge in [-0.1, -0.05) is 49.5 Å². The molecule has 0 spiro atoms. The van der Waals surface area contributed by atoms with Crippen molar-refractivity contribution in [2.75, 3.05) is 13.7 Å². The van der Waals surface area contributed by atoms with E-state index in [-0.39, 0.29) is 0 Å². The fraction of sp³-hybridized carbons (Fsp3) is 0.647. The Bertz CT molecular complexity index is 391.